The summed E-state index contributed by atoms with van der Waals surface area (Å²) in [6.45, 7) is 2.96. The fourth-order valence-electron chi connectivity index (χ4n) is 0.363. The van der Waals surface area contributed by atoms with Crippen LogP contribution in [0.1, 0.15) is 0 Å². The predicted molar refractivity (Wildman–Crippen MR) is 40.2 cm³/mol. The number of carbonyl (C=O) groups excluding carboxylic acids is 1. The van der Waals surface area contributed by atoms with E-state index in [0.717, 1.165) is 0 Å². The van der Waals surface area contributed by atoms with E-state index in [-0.39, 0.29) is 0 Å². The van der Waals surface area contributed by atoms with Crippen molar-refractivity contribution in [2.45, 2.75) is 5.97 Å². The number of aliphatic hydroxyl groups is 2. The molecule has 0 aliphatic carbocycles. The molecule has 0 saturated heterocycles. The van der Waals surface area contributed by atoms with Crippen molar-refractivity contribution < 1.29 is 29.6 Å². The lowest BCUT2D eigenvalue weighted by atomic mass is 10.5. The van der Waals surface area contributed by atoms with Gasteiger partial charge in [0.2, 0.25) is 0 Å². The van der Waals surface area contributed by atoms with E-state index in [0.29, 0.717) is 18.2 Å². The zero-order valence-electron chi connectivity index (χ0n) is 6.51. The summed E-state index contributed by atoms with van der Waals surface area (Å²) in [7, 11) is 0. The Bertz CT molecular complexity index is 252. The maximum Gasteiger partial charge on any atom is 0.346 e. The molecule has 13 heavy (non-hydrogen) atoms. The summed E-state index contributed by atoms with van der Waals surface area (Å²) in [6, 6.07) is 0. The van der Waals surface area contributed by atoms with Gasteiger partial charge in [0.25, 0.3) is 0 Å². The Kier molecular flexibility index (Phi) is 3.83. The molecular weight excluding hydrogens is 180 g/mol. The highest BCUT2D eigenvalue weighted by Crippen LogP contribution is 2.02. The van der Waals surface area contributed by atoms with E-state index >= 15 is 0 Å². The molecule has 6 nitrogen and oxygen atoms in total. The van der Waals surface area contributed by atoms with Crippen LogP contribution in [0.2, 0.25) is 0 Å². The number of ether oxygens (including phenoxy) is 1. The smallest absolute Gasteiger partial charge is 0.346 e. The van der Waals surface area contributed by atoms with E-state index in [2.05, 4.69) is 11.3 Å². The molecule has 0 aliphatic rings. The largest absolute Gasteiger partial charge is 0.478 e. The Morgan fingerprint density at radius 3 is 2.23 bits per heavy atom. The lowest BCUT2D eigenvalue weighted by molar-refractivity contribution is -0.283. The molecule has 0 aromatic rings. The van der Waals surface area contributed by atoms with Crippen LogP contribution in [-0.4, -0.2) is 33.2 Å². The van der Waals surface area contributed by atoms with Gasteiger partial charge in [0.1, 0.15) is 0 Å². The fourth-order valence-corrected chi connectivity index (χ4v) is 0.363. The zero-order valence-corrected chi connectivity index (χ0v) is 6.51. The molecule has 72 valence electrons. The van der Waals surface area contributed by atoms with Crippen LogP contribution in [0.4, 0.5) is 0 Å². The summed E-state index contributed by atoms with van der Waals surface area (Å²) in [5.74, 6) is -5.33. The third-order valence-electron chi connectivity index (χ3n) is 0.879. The zero-order chi connectivity index (χ0) is 10.5. The van der Waals surface area contributed by atoms with Crippen molar-refractivity contribution in [3.8, 4) is 0 Å². The van der Waals surface area contributed by atoms with Gasteiger partial charge in [0, 0.05) is 18.2 Å². The lowest BCUT2D eigenvalue weighted by Gasteiger charge is -2.15. The summed E-state index contributed by atoms with van der Waals surface area (Å²) in [5.41, 5.74) is 0. The number of carbonyl (C=O) groups is 2. The van der Waals surface area contributed by atoms with Gasteiger partial charge in [-0.1, -0.05) is 6.58 Å². The second-order valence-electron chi connectivity index (χ2n) is 1.96. The van der Waals surface area contributed by atoms with E-state index in [1.807, 2.05) is 0 Å². The monoisotopic (exact) mass is 188 g/mol. The molecule has 0 bridgehead atoms. The molecule has 0 amide bonds. The number of carboxylic acids is 1. The first kappa shape index (κ1) is 11.3. The summed E-state index contributed by atoms with van der Waals surface area (Å²) in [4.78, 5) is 20.5. The maximum atomic E-state index is 10.6. The number of rotatable bonds is 4. The van der Waals surface area contributed by atoms with Crippen LogP contribution < -0.4 is 0 Å². The molecule has 0 saturated carbocycles. The summed E-state index contributed by atoms with van der Waals surface area (Å²) in [6.07, 6.45) is 1.61. The van der Waals surface area contributed by atoms with Gasteiger partial charge < -0.3 is 20.1 Å². The maximum absolute atomic E-state index is 10.6. The van der Waals surface area contributed by atoms with Crippen LogP contribution >= 0.6 is 0 Å². The highest BCUT2D eigenvalue weighted by atomic mass is 16.8. The van der Waals surface area contributed by atoms with Gasteiger partial charge in [-0.2, -0.15) is 0 Å². The van der Waals surface area contributed by atoms with Gasteiger partial charge in [-0.15, -0.1) is 0 Å². The number of hydrogen-bond donors (Lipinski definition) is 3. The van der Waals surface area contributed by atoms with Crippen molar-refractivity contribution >= 4 is 11.9 Å². The average Bonchev–Trinajstić information content (AvgIpc) is 2.00. The molecular formula is C7H8O6. The van der Waals surface area contributed by atoms with Crippen LogP contribution in [0.25, 0.3) is 0 Å². The minimum absolute atomic E-state index is 0.501. The first-order valence-corrected chi connectivity index (χ1v) is 3.09. The Labute approximate surface area is 73.4 Å². The summed E-state index contributed by atoms with van der Waals surface area (Å²) < 4.78 is 3.94. The third kappa shape index (κ3) is 5.59. The highest BCUT2D eigenvalue weighted by Gasteiger charge is 2.22. The molecule has 3 N–H and O–H groups in total. The van der Waals surface area contributed by atoms with Crippen molar-refractivity contribution in [2.24, 2.45) is 0 Å². The van der Waals surface area contributed by atoms with Gasteiger partial charge in [-0.05, 0) is 0 Å². The molecule has 0 atom stereocenters. The Morgan fingerprint density at radius 2 is 1.85 bits per heavy atom. The van der Waals surface area contributed by atoms with E-state index in [1.54, 1.807) is 0 Å². The van der Waals surface area contributed by atoms with E-state index in [9.17, 15) is 9.59 Å². The first-order valence-electron chi connectivity index (χ1n) is 3.09. The highest BCUT2D eigenvalue weighted by molar-refractivity contribution is 5.90. The lowest BCUT2D eigenvalue weighted by Crippen LogP contribution is -2.31. The van der Waals surface area contributed by atoms with Gasteiger partial charge in [0.05, 0.1) is 0 Å². The molecule has 0 fully saturated rings. The van der Waals surface area contributed by atoms with E-state index in [1.165, 1.54) is 0 Å². The fraction of sp³-hybridized carbons (Fsp3) is 0.143. The molecule has 0 aromatic carbocycles. The minimum atomic E-state index is -2.78. The van der Waals surface area contributed by atoms with Crippen molar-refractivity contribution in [1.82, 2.24) is 0 Å². The molecule has 0 aromatic heterocycles. The minimum Gasteiger partial charge on any atom is -0.478 e. The van der Waals surface area contributed by atoms with Crippen molar-refractivity contribution in [1.29, 1.82) is 0 Å². The normalized spacial score (nSPS) is 11.2. The van der Waals surface area contributed by atoms with Gasteiger partial charge in [-0.25, -0.2) is 9.59 Å². The Balaban J connectivity index is 4.17. The number of aliphatic carboxylic acids is 1. The van der Waals surface area contributed by atoms with Gasteiger partial charge >= 0.3 is 17.9 Å². The SMILES string of the molecule is C=CC(O)(O)OC(=O)/C=C/C(=O)O. The molecule has 0 spiro atoms. The van der Waals surface area contributed by atoms with Crippen molar-refractivity contribution in [2.75, 3.05) is 0 Å². The standard InChI is InChI=1S/C7H8O6/c1-2-7(11,12)13-6(10)4-3-5(8)9/h2-4,11-12H,1H2,(H,8,9)/b4-3+. The van der Waals surface area contributed by atoms with Crippen LogP contribution in [0.5, 0.6) is 0 Å². The Morgan fingerprint density at radius 1 is 1.31 bits per heavy atom. The third-order valence-corrected chi connectivity index (χ3v) is 0.879. The molecule has 0 aliphatic heterocycles. The van der Waals surface area contributed by atoms with Crippen molar-refractivity contribution in [3.05, 3.63) is 24.8 Å². The quantitative estimate of drug-likeness (QED) is 0.226. The van der Waals surface area contributed by atoms with Gasteiger partial charge in [-0.3, -0.25) is 0 Å². The van der Waals surface area contributed by atoms with Crippen LogP contribution in [0.15, 0.2) is 24.8 Å². The summed E-state index contributed by atoms with van der Waals surface area (Å²) in [5, 5.41) is 25.4. The van der Waals surface area contributed by atoms with Crippen LogP contribution in [0, 0.1) is 0 Å². The van der Waals surface area contributed by atoms with Gasteiger partial charge in [0.15, 0.2) is 0 Å². The molecule has 0 radical (unpaired) electrons. The molecule has 0 unspecified atom stereocenters. The number of carboxylic acid groups (broad SMARTS) is 1. The molecule has 0 heterocycles. The van der Waals surface area contributed by atoms with Crippen molar-refractivity contribution in [3.63, 3.8) is 0 Å². The molecule has 6 heteroatoms. The second kappa shape index (κ2) is 4.39. The average molecular weight is 188 g/mol. The topological polar surface area (TPSA) is 104 Å². The first-order chi connectivity index (χ1) is 5.87. The van der Waals surface area contributed by atoms with E-state index in [4.69, 9.17) is 15.3 Å². The summed E-state index contributed by atoms with van der Waals surface area (Å²) >= 11 is 0. The van der Waals surface area contributed by atoms with E-state index < -0.39 is 17.9 Å². The number of hydrogen-bond acceptors (Lipinski definition) is 5. The predicted octanol–water partition coefficient (Wildman–Crippen LogP) is -1.01. The van der Waals surface area contributed by atoms with Crippen LogP contribution in [-0.2, 0) is 14.3 Å². The van der Waals surface area contributed by atoms with Crippen LogP contribution in [0.3, 0.4) is 0 Å². The molecule has 0 rings (SSSR count). The Hall–Kier alpha value is -1.66. The number of esters is 1. The second-order valence-corrected chi connectivity index (χ2v) is 1.96.